The third kappa shape index (κ3) is 4.92. The van der Waals surface area contributed by atoms with Gasteiger partial charge in [-0.1, -0.05) is 29.8 Å². The van der Waals surface area contributed by atoms with Gasteiger partial charge in [-0.2, -0.15) is 0 Å². The van der Waals surface area contributed by atoms with E-state index in [0.29, 0.717) is 6.42 Å². The van der Waals surface area contributed by atoms with Gasteiger partial charge in [0.2, 0.25) is 5.91 Å². The highest BCUT2D eigenvalue weighted by Gasteiger charge is 2.19. The minimum atomic E-state index is 0.277. The van der Waals surface area contributed by atoms with E-state index < -0.39 is 0 Å². The van der Waals surface area contributed by atoms with Gasteiger partial charge in [0.15, 0.2) is 0 Å². The average molecular weight is 340 g/mol. The molecule has 1 aliphatic rings. The minimum Gasteiger partial charge on any atom is -0.341 e. The third-order valence-corrected chi connectivity index (χ3v) is 4.98. The van der Waals surface area contributed by atoms with Crippen LogP contribution in [0.15, 0.2) is 36.7 Å². The smallest absolute Gasteiger partial charge is 0.222 e. The Kier molecular flexibility index (Phi) is 5.87. The van der Waals surface area contributed by atoms with Crippen molar-refractivity contribution in [3.63, 3.8) is 0 Å². The molecule has 1 amide bonds. The summed E-state index contributed by atoms with van der Waals surface area (Å²) in [4.78, 5) is 21.4. The van der Waals surface area contributed by atoms with Crippen LogP contribution in [0.3, 0.4) is 0 Å². The number of rotatable bonds is 5. The monoisotopic (exact) mass is 340 g/mol. The summed E-state index contributed by atoms with van der Waals surface area (Å²) in [5, 5.41) is 0. The molecule has 134 valence electrons. The van der Waals surface area contributed by atoms with Crippen LogP contribution in [0.1, 0.15) is 29.8 Å². The number of hydrogen-bond donors (Lipinski definition) is 0. The highest BCUT2D eigenvalue weighted by atomic mass is 16.2. The van der Waals surface area contributed by atoms with Crippen LogP contribution in [-0.2, 0) is 24.8 Å². The van der Waals surface area contributed by atoms with E-state index in [2.05, 4.69) is 45.6 Å². The summed E-state index contributed by atoms with van der Waals surface area (Å²) < 4.78 is 2.06. The molecule has 5 nitrogen and oxygen atoms in total. The largest absolute Gasteiger partial charge is 0.341 e. The minimum absolute atomic E-state index is 0.277. The molecule has 25 heavy (non-hydrogen) atoms. The standard InChI is InChI=1S/C20H28N4O/c1-17-4-6-18(7-5-17)8-9-20(25)24-12-3-11-23(14-15-24)16-19-21-10-13-22(19)2/h4-7,10,13H,3,8-9,11-12,14-16H2,1-2H3. The SMILES string of the molecule is Cc1ccc(CCC(=O)N2CCCN(Cc3nccn3C)CC2)cc1. The zero-order valence-electron chi connectivity index (χ0n) is 15.3. The molecule has 1 aromatic heterocycles. The molecule has 5 heteroatoms. The number of carbonyl (C=O) groups excluding carboxylic acids is 1. The molecule has 0 aliphatic carbocycles. The molecule has 2 aromatic rings. The van der Waals surface area contributed by atoms with E-state index in [1.165, 1.54) is 11.1 Å². The second-order valence-electron chi connectivity index (χ2n) is 6.95. The van der Waals surface area contributed by atoms with Crippen molar-refractivity contribution in [3.05, 3.63) is 53.6 Å². The molecule has 1 aliphatic heterocycles. The number of aromatic nitrogens is 2. The fourth-order valence-corrected chi connectivity index (χ4v) is 3.29. The highest BCUT2D eigenvalue weighted by Crippen LogP contribution is 2.11. The summed E-state index contributed by atoms with van der Waals surface area (Å²) in [6.45, 7) is 6.57. The first-order valence-corrected chi connectivity index (χ1v) is 9.14. The van der Waals surface area contributed by atoms with Crippen LogP contribution in [-0.4, -0.2) is 51.4 Å². The summed E-state index contributed by atoms with van der Waals surface area (Å²) in [6, 6.07) is 8.47. The quantitative estimate of drug-likeness (QED) is 0.839. The van der Waals surface area contributed by atoms with Gasteiger partial charge in [0.05, 0.1) is 6.54 Å². The van der Waals surface area contributed by atoms with E-state index in [4.69, 9.17) is 0 Å². The van der Waals surface area contributed by atoms with Gasteiger partial charge in [-0.25, -0.2) is 4.98 Å². The summed E-state index contributed by atoms with van der Waals surface area (Å²) in [5.74, 6) is 1.36. The van der Waals surface area contributed by atoms with E-state index in [1.54, 1.807) is 0 Å². The molecule has 0 radical (unpaired) electrons. The first kappa shape index (κ1) is 17.7. The maximum Gasteiger partial charge on any atom is 0.222 e. The van der Waals surface area contributed by atoms with Crippen LogP contribution in [0.25, 0.3) is 0 Å². The van der Waals surface area contributed by atoms with Crippen molar-refractivity contribution < 1.29 is 4.79 Å². The summed E-state index contributed by atoms with van der Waals surface area (Å²) in [6.07, 6.45) is 6.28. The Bertz CT molecular complexity index is 692. The predicted molar refractivity (Wildman–Crippen MR) is 99.2 cm³/mol. The summed E-state index contributed by atoms with van der Waals surface area (Å²) in [5.41, 5.74) is 2.50. The van der Waals surface area contributed by atoms with Crippen molar-refractivity contribution in [2.24, 2.45) is 7.05 Å². The van der Waals surface area contributed by atoms with E-state index in [0.717, 1.165) is 51.4 Å². The van der Waals surface area contributed by atoms with Crippen LogP contribution in [0.5, 0.6) is 0 Å². The average Bonchev–Trinajstić information content (AvgIpc) is 2.87. The van der Waals surface area contributed by atoms with Gasteiger partial charge < -0.3 is 9.47 Å². The lowest BCUT2D eigenvalue weighted by Crippen LogP contribution is -2.35. The fraction of sp³-hybridized carbons (Fsp3) is 0.500. The molecule has 0 saturated carbocycles. The summed E-state index contributed by atoms with van der Waals surface area (Å²) >= 11 is 0. The van der Waals surface area contributed by atoms with Crippen LogP contribution < -0.4 is 0 Å². The van der Waals surface area contributed by atoms with Gasteiger partial charge >= 0.3 is 0 Å². The van der Waals surface area contributed by atoms with Gasteiger partial charge in [-0.15, -0.1) is 0 Å². The maximum absolute atomic E-state index is 12.6. The van der Waals surface area contributed by atoms with Crippen LogP contribution in [0.4, 0.5) is 0 Å². The van der Waals surface area contributed by atoms with Crippen molar-refractivity contribution in [1.82, 2.24) is 19.4 Å². The lowest BCUT2D eigenvalue weighted by Gasteiger charge is -2.22. The molecule has 2 heterocycles. The molecule has 0 unspecified atom stereocenters. The Morgan fingerprint density at radius 2 is 1.92 bits per heavy atom. The molecule has 0 bridgehead atoms. The third-order valence-electron chi connectivity index (χ3n) is 4.98. The van der Waals surface area contributed by atoms with E-state index >= 15 is 0 Å². The number of imidazole rings is 1. The van der Waals surface area contributed by atoms with Gasteiger partial charge in [0, 0.05) is 52.0 Å². The number of carbonyl (C=O) groups is 1. The normalized spacial score (nSPS) is 16.0. The van der Waals surface area contributed by atoms with E-state index in [-0.39, 0.29) is 5.91 Å². The molecule has 1 fully saturated rings. The van der Waals surface area contributed by atoms with Crippen LogP contribution >= 0.6 is 0 Å². The Morgan fingerprint density at radius 3 is 2.64 bits per heavy atom. The highest BCUT2D eigenvalue weighted by molar-refractivity contribution is 5.76. The fourth-order valence-electron chi connectivity index (χ4n) is 3.29. The Balaban J connectivity index is 1.47. The molecule has 1 aromatic carbocycles. The second-order valence-corrected chi connectivity index (χ2v) is 6.95. The molecule has 0 spiro atoms. The predicted octanol–water partition coefficient (Wildman–Crippen LogP) is 2.40. The summed E-state index contributed by atoms with van der Waals surface area (Å²) in [7, 11) is 2.03. The van der Waals surface area contributed by atoms with Gasteiger partial charge in [-0.05, 0) is 25.3 Å². The van der Waals surface area contributed by atoms with Crippen LogP contribution in [0.2, 0.25) is 0 Å². The number of hydrogen-bond acceptors (Lipinski definition) is 3. The van der Waals surface area contributed by atoms with Gasteiger partial charge in [-0.3, -0.25) is 9.69 Å². The number of amides is 1. The van der Waals surface area contributed by atoms with Crippen molar-refractivity contribution >= 4 is 5.91 Å². The number of benzene rings is 1. The molecular formula is C20H28N4O. The lowest BCUT2D eigenvalue weighted by atomic mass is 10.1. The Labute approximate surface area is 150 Å². The molecule has 3 rings (SSSR count). The maximum atomic E-state index is 12.6. The Morgan fingerprint density at radius 1 is 1.12 bits per heavy atom. The van der Waals surface area contributed by atoms with Crippen molar-refractivity contribution in [2.75, 3.05) is 26.2 Å². The van der Waals surface area contributed by atoms with Crippen molar-refractivity contribution in [1.29, 1.82) is 0 Å². The molecular weight excluding hydrogens is 312 g/mol. The topological polar surface area (TPSA) is 41.4 Å². The van der Waals surface area contributed by atoms with Crippen LogP contribution in [0, 0.1) is 6.92 Å². The van der Waals surface area contributed by atoms with Gasteiger partial charge in [0.25, 0.3) is 0 Å². The zero-order chi connectivity index (χ0) is 17.6. The first-order valence-electron chi connectivity index (χ1n) is 9.14. The van der Waals surface area contributed by atoms with E-state index in [1.807, 2.05) is 24.3 Å². The van der Waals surface area contributed by atoms with Crippen molar-refractivity contribution in [3.8, 4) is 0 Å². The first-order chi connectivity index (χ1) is 12.1. The lowest BCUT2D eigenvalue weighted by molar-refractivity contribution is -0.131. The molecule has 0 N–H and O–H groups in total. The van der Waals surface area contributed by atoms with E-state index in [9.17, 15) is 4.79 Å². The number of nitrogens with zero attached hydrogens (tertiary/aromatic N) is 4. The zero-order valence-corrected chi connectivity index (χ0v) is 15.3. The molecule has 1 saturated heterocycles. The number of aryl methyl sites for hydroxylation is 3. The second kappa shape index (κ2) is 8.30. The molecule has 0 atom stereocenters. The van der Waals surface area contributed by atoms with Crippen molar-refractivity contribution in [2.45, 2.75) is 32.7 Å². The van der Waals surface area contributed by atoms with Gasteiger partial charge in [0.1, 0.15) is 5.82 Å². The Hall–Kier alpha value is -2.14.